The van der Waals surface area contributed by atoms with Gasteiger partial charge in [-0.05, 0) is 49.4 Å². The molecular weight excluding hydrogens is 451 g/mol. The molecule has 0 radical (unpaired) electrons. The summed E-state index contributed by atoms with van der Waals surface area (Å²) >= 11 is 1.36. The Bertz CT molecular complexity index is 1510. The highest BCUT2D eigenvalue weighted by Gasteiger charge is 2.18. The quantitative estimate of drug-likeness (QED) is 0.262. The highest BCUT2D eigenvalue weighted by atomic mass is 32.1. The first-order chi connectivity index (χ1) is 16.5. The molecule has 0 aliphatic rings. The zero-order valence-corrected chi connectivity index (χ0v) is 19.4. The van der Waals surface area contributed by atoms with Crippen LogP contribution in [0.1, 0.15) is 11.1 Å². The Hall–Kier alpha value is -4.04. The number of benzene rings is 3. The van der Waals surface area contributed by atoms with E-state index in [1.807, 2.05) is 54.8 Å². The van der Waals surface area contributed by atoms with Crippen molar-refractivity contribution in [3.05, 3.63) is 89.1 Å². The lowest BCUT2D eigenvalue weighted by Crippen LogP contribution is -2.01. The second kappa shape index (κ2) is 9.07. The van der Waals surface area contributed by atoms with Gasteiger partial charge in [0.1, 0.15) is 11.6 Å². The van der Waals surface area contributed by atoms with E-state index in [0.29, 0.717) is 16.4 Å². The number of halogens is 1. The minimum atomic E-state index is -0.326. The second-order valence-corrected chi connectivity index (χ2v) is 8.65. The van der Waals surface area contributed by atoms with Gasteiger partial charge in [0.2, 0.25) is 11.0 Å². The van der Waals surface area contributed by atoms with Gasteiger partial charge in [-0.3, -0.25) is 0 Å². The molecule has 0 unspecified atom stereocenters. The molecule has 0 amide bonds. The van der Waals surface area contributed by atoms with E-state index in [2.05, 4.69) is 15.2 Å². The van der Waals surface area contributed by atoms with Gasteiger partial charge in [0, 0.05) is 21.9 Å². The van der Waals surface area contributed by atoms with Crippen LogP contribution in [0.15, 0.2) is 82.3 Å². The van der Waals surface area contributed by atoms with E-state index in [-0.39, 0.29) is 18.2 Å². The predicted molar refractivity (Wildman–Crippen MR) is 132 cm³/mol. The van der Waals surface area contributed by atoms with Gasteiger partial charge in [-0.1, -0.05) is 29.8 Å². The van der Waals surface area contributed by atoms with E-state index in [4.69, 9.17) is 4.74 Å². The van der Waals surface area contributed by atoms with Crippen molar-refractivity contribution in [2.75, 3.05) is 7.11 Å². The third kappa shape index (κ3) is 4.15. The Morgan fingerprint density at radius 1 is 1.06 bits per heavy atom. The van der Waals surface area contributed by atoms with Gasteiger partial charge in [-0.2, -0.15) is 0 Å². The van der Waals surface area contributed by atoms with Crippen LogP contribution in [0.5, 0.6) is 11.6 Å². The molecule has 0 bridgehead atoms. The van der Waals surface area contributed by atoms with Gasteiger partial charge in [0.05, 0.1) is 24.9 Å². The van der Waals surface area contributed by atoms with E-state index in [1.54, 1.807) is 29.9 Å². The molecule has 6 nitrogen and oxygen atoms in total. The molecule has 0 spiro atoms. The van der Waals surface area contributed by atoms with Crippen LogP contribution in [0, 0.1) is 12.7 Å². The second-order valence-electron chi connectivity index (χ2n) is 7.81. The van der Waals surface area contributed by atoms with Gasteiger partial charge < -0.3 is 14.4 Å². The number of methoxy groups -OCH3 is 1. The molecule has 0 aliphatic heterocycles. The number of hydrogen-bond donors (Lipinski definition) is 1. The molecule has 0 fully saturated rings. The number of fused-ring (bicyclic) bond motifs is 1. The molecule has 2 aromatic heterocycles. The molecule has 0 saturated carbocycles. The third-order valence-corrected chi connectivity index (χ3v) is 6.29. The van der Waals surface area contributed by atoms with Crippen LogP contribution in [-0.4, -0.2) is 21.8 Å². The average Bonchev–Trinajstić information content (AvgIpc) is 3.42. The first-order valence-corrected chi connectivity index (χ1v) is 11.5. The third-order valence-electron chi connectivity index (χ3n) is 5.57. The lowest BCUT2D eigenvalue weighted by molar-refractivity contribution is 0.415. The first-order valence-electron chi connectivity index (χ1n) is 10.6. The van der Waals surface area contributed by atoms with Crippen molar-refractivity contribution < 1.29 is 14.2 Å². The van der Waals surface area contributed by atoms with Crippen molar-refractivity contribution in [3.8, 4) is 22.9 Å². The summed E-state index contributed by atoms with van der Waals surface area (Å²) in [4.78, 5) is 4.54. The summed E-state index contributed by atoms with van der Waals surface area (Å²) in [5.74, 6) is 0.379. The molecule has 2 heterocycles. The number of aromatic nitrogens is 2. The van der Waals surface area contributed by atoms with Crippen LogP contribution in [-0.2, 0) is 6.54 Å². The van der Waals surface area contributed by atoms with E-state index in [9.17, 15) is 9.50 Å². The fourth-order valence-electron chi connectivity index (χ4n) is 3.79. The molecule has 0 atom stereocenters. The molecule has 0 saturated heterocycles. The maximum absolute atomic E-state index is 14.3. The number of ether oxygens (including phenoxy) is 1. The Morgan fingerprint density at radius 2 is 1.85 bits per heavy atom. The number of nitrogens with zero attached hydrogens (tertiary/aromatic N) is 4. The molecule has 34 heavy (non-hydrogen) atoms. The van der Waals surface area contributed by atoms with E-state index in [0.717, 1.165) is 33.5 Å². The Kier molecular flexibility index (Phi) is 5.81. The normalized spacial score (nSPS) is 11.5. The highest BCUT2D eigenvalue weighted by Crippen LogP contribution is 2.41. The minimum Gasteiger partial charge on any atom is -0.497 e. The van der Waals surface area contributed by atoms with Crippen molar-refractivity contribution in [1.29, 1.82) is 0 Å². The molecule has 3 aromatic carbocycles. The van der Waals surface area contributed by atoms with E-state index in [1.165, 1.54) is 17.4 Å². The van der Waals surface area contributed by atoms with Gasteiger partial charge >= 0.3 is 0 Å². The van der Waals surface area contributed by atoms with Crippen molar-refractivity contribution in [1.82, 2.24) is 9.55 Å². The van der Waals surface area contributed by atoms with Gasteiger partial charge in [0.15, 0.2) is 5.69 Å². The van der Waals surface area contributed by atoms with Crippen LogP contribution >= 0.6 is 11.3 Å². The summed E-state index contributed by atoms with van der Waals surface area (Å²) in [7, 11) is 1.63. The van der Waals surface area contributed by atoms with E-state index < -0.39 is 0 Å². The zero-order valence-electron chi connectivity index (χ0n) is 18.6. The maximum Gasteiger partial charge on any atom is 0.230 e. The van der Waals surface area contributed by atoms with Crippen molar-refractivity contribution in [2.24, 2.45) is 10.2 Å². The predicted octanol–water partition coefficient (Wildman–Crippen LogP) is 7.39. The summed E-state index contributed by atoms with van der Waals surface area (Å²) in [5, 5.41) is 22.8. The van der Waals surface area contributed by atoms with Crippen molar-refractivity contribution >= 4 is 33.1 Å². The van der Waals surface area contributed by atoms with Crippen LogP contribution in [0.2, 0.25) is 0 Å². The molecule has 5 rings (SSSR count). The van der Waals surface area contributed by atoms with Crippen molar-refractivity contribution in [2.45, 2.75) is 13.5 Å². The first kappa shape index (κ1) is 21.8. The Morgan fingerprint density at radius 3 is 2.62 bits per heavy atom. The summed E-state index contributed by atoms with van der Waals surface area (Å²) in [6.45, 7) is 2.14. The standard InChI is InChI=1S/C26H21FN4O2S/c1-16-7-12-23-20(13-16)24(25(32)31(23)14-18-5-3-4-6-21(18)27)29-30-26-28-22(15-34-26)17-8-10-19(33-2)11-9-17/h3-13,15,32H,14H2,1-2H3. The topological polar surface area (TPSA) is 72.0 Å². The summed E-state index contributed by atoms with van der Waals surface area (Å²) in [6.07, 6.45) is 0. The molecule has 0 aliphatic carbocycles. The number of aryl methyl sites for hydroxylation is 1. The van der Waals surface area contributed by atoms with Crippen LogP contribution in [0.25, 0.3) is 22.2 Å². The molecule has 170 valence electrons. The SMILES string of the molecule is COc1ccc(-c2csc(N=Nc3c(O)n(Cc4ccccc4F)c4ccc(C)cc34)n2)cc1. The van der Waals surface area contributed by atoms with Gasteiger partial charge in [-0.25, -0.2) is 9.37 Å². The molecule has 1 N–H and O–H groups in total. The minimum absolute atomic E-state index is 0.0699. The van der Waals surface area contributed by atoms with Crippen LogP contribution < -0.4 is 4.74 Å². The number of thiazole rings is 1. The Labute approximate surface area is 199 Å². The highest BCUT2D eigenvalue weighted by molar-refractivity contribution is 7.13. The molecule has 8 heteroatoms. The van der Waals surface area contributed by atoms with Crippen LogP contribution in [0.4, 0.5) is 15.2 Å². The Balaban J connectivity index is 1.50. The largest absolute Gasteiger partial charge is 0.497 e. The summed E-state index contributed by atoms with van der Waals surface area (Å²) < 4.78 is 21.1. The lowest BCUT2D eigenvalue weighted by atomic mass is 10.1. The zero-order chi connectivity index (χ0) is 23.7. The fourth-order valence-corrected chi connectivity index (χ4v) is 4.44. The van der Waals surface area contributed by atoms with Gasteiger partial charge in [-0.15, -0.1) is 21.6 Å². The molecule has 5 aromatic rings. The van der Waals surface area contributed by atoms with Gasteiger partial charge in [0.25, 0.3) is 0 Å². The maximum atomic E-state index is 14.3. The number of hydrogen-bond acceptors (Lipinski definition) is 6. The van der Waals surface area contributed by atoms with Crippen molar-refractivity contribution in [3.63, 3.8) is 0 Å². The summed E-state index contributed by atoms with van der Waals surface area (Å²) in [5.41, 5.74) is 4.29. The van der Waals surface area contributed by atoms with E-state index >= 15 is 0 Å². The molecular formula is C26H21FN4O2S. The fraction of sp³-hybridized carbons (Fsp3) is 0.115. The number of rotatable bonds is 6. The van der Waals surface area contributed by atoms with Crippen LogP contribution in [0.3, 0.4) is 0 Å². The monoisotopic (exact) mass is 472 g/mol. The average molecular weight is 473 g/mol. The number of azo groups is 1. The summed E-state index contributed by atoms with van der Waals surface area (Å²) in [6, 6.07) is 19.9. The lowest BCUT2D eigenvalue weighted by Gasteiger charge is -2.08. The number of aromatic hydroxyl groups is 1. The smallest absolute Gasteiger partial charge is 0.230 e.